The van der Waals surface area contributed by atoms with Gasteiger partial charge in [0.15, 0.2) is 0 Å². The van der Waals surface area contributed by atoms with Crippen LogP contribution in [0.25, 0.3) is 0 Å². The van der Waals surface area contributed by atoms with E-state index >= 15 is 0 Å². The minimum Gasteiger partial charge on any atom is -0.272 e. The minimum absolute atomic E-state index is 0.0952. The number of nitrogens with one attached hydrogen (secondary N) is 1. The first-order chi connectivity index (χ1) is 10.2. The first-order valence-corrected chi connectivity index (χ1v) is 8.38. The monoisotopic (exact) mass is 362 g/mol. The zero-order valence-electron chi connectivity index (χ0n) is 11.3. The molecule has 0 radical (unpaired) electrons. The van der Waals surface area contributed by atoms with Crippen LogP contribution in [0.5, 0.6) is 0 Å². The Kier molecular flexibility index (Phi) is 6.50. The molecule has 3 nitrogen and oxygen atoms in total. The van der Waals surface area contributed by atoms with Crippen LogP contribution in [-0.2, 0) is 10.5 Å². The molecule has 0 unspecified atom stereocenters. The van der Waals surface area contributed by atoms with Crippen molar-refractivity contribution < 1.29 is 4.79 Å². The molecule has 0 saturated carbocycles. The number of carbonyl (C=O) groups excluding carboxylic acids is 1. The number of thioether (sulfide) groups is 1. The number of amides is 1. The Labute approximate surface area is 137 Å². The lowest BCUT2D eigenvalue weighted by atomic mass is 10.2. The van der Waals surface area contributed by atoms with Crippen molar-refractivity contribution in [3.05, 3.63) is 70.2 Å². The van der Waals surface area contributed by atoms with Gasteiger partial charge in [0.2, 0.25) is 5.91 Å². The van der Waals surface area contributed by atoms with Gasteiger partial charge in [-0.1, -0.05) is 58.4 Å². The van der Waals surface area contributed by atoms with Crippen LogP contribution in [0.2, 0.25) is 0 Å². The third-order valence-corrected chi connectivity index (χ3v) is 4.09. The SMILES string of the molecule is O=C(CSCc1ccccc1)N/N=C\c1cccc(Br)c1. The normalized spacial score (nSPS) is 10.7. The molecule has 21 heavy (non-hydrogen) atoms. The number of hydrazone groups is 1. The lowest BCUT2D eigenvalue weighted by Crippen LogP contribution is -2.19. The number of benzene rings is 2. The Morgan fingerprint density at radius 1 is 1.19 bits per heavy atom. The van der Waals surface area contributed by atoms with Crippen molar-refractivity contribution in [1.82, 2.24) is 5.43 Å². The van der Waals surface area contributed by atoms with Crippen LogP contribution in [0.3, 0.4) is 0 Å². The second kappa shape index (κ2) is 8.64. The third-order valence-electron chi connectivity index (χ3n) is 2.60. The van der Waals surface area contributed by atoms with Gasteiger partial charge in [-0.15, -0.1) is 11.8 Å². The summed E-state index contributed by atoms with van der Waals surface area (Å²) < 4.78 is 0.983. The van der Waals surface area contributed by atoms with Crippen LogP contribution in [0.15, 0.2) is 64.2 Å². The molecule has 0 atom stereocenters. The Bertz CT molecular complexity index is 617. The second-order valence-electron chi connectivity index (χ2n) is 4.33. The van der Waals surface area contributed by atoms with E-state index in [1.165, 1.54) is 5.56 Å². The average Bonchev–Trinajstić information content (AvgIpc) is 2.48. The molecule has 2 aromatic carbocycles. The summed E-state index contributed by atoms with van der Waals surface area (Å²) in [7, 11) is 0. The molecule has 1 amide bonds. The maximum atomic E-state index is 11.6. The number of rotatable bonds is 6. The van der Waals surface area contributed by atoms with Crippen molar-refractivity contribution in [2.45, 2.75) is 5.75 Å². The summed E-state index contributed by atoms with van der Waals surface area (Å²) in [6.45, 7) is 0. The molecule has 0 aliphatic rings. The molecule has 0 saturated heterocycles. The minimum atomic E-state index is -0.0952. The van der Waals surface area contributed by atoms with E-state index in [1.807, 2.05) is 42.5 Å². The molecular weight excluding hydrogens is 348 g/mol. The molecule has 108 valence electrons. The van der Waals surface area contributed by atoms with Crippen LogP contribution < -0.4 is 5.43 Å². The first kappa shape index (κ1) is 15.8. The predicted octanol–water partition coefficient (Wildman–Crippen LogP) is 3.83. The highest BCUT2D eigenvalue weighted by molar-refractivity contribution is 9.10. The van der Waals surface area contributed by atoms with Crippen molar-refractivity contribution in [3.8, 4) is 0 Å². The largest absolute Gasteiger partial charge is 0.272 e. The molecular formula is C16H15BrN2OS. The lowest BCUT2D eigenvalue weighted by Gasteiger charge is -2.01. The summed E-state index contributed by atoms with van der Waals surface area (Å²) in [6.07, 6.45) is 1.63. The van der Waals surface area contributed by atoms with Gasteiger partial charge in [0.05, 0.1) is 12.0 Å². The van der Waals surface area contributed by atoms with Gasteiger partial charge in [-0.05, 0) is 23.3 Å². The Hall–Kier alpha value is -1.59. The van der Waals surface area contributed by atoms with Crippen LogP contribution >= 0.6 is 27.7 Å². The van der Waals surface area contributed by atoms with Gasteiger partial charge in [-0.25, -0.2) is 5.43 Å². The summed E-state index contributed by atoms with van der Waals surface area (Å²) in [5, 5.41) is 3.95. The molecule has 0 bridgehead atoms. The van der Waals surface area contributed by atoms with E-state index in [9.17, 15) is 4.79 Å². The van der Waals surface area contributed by atoms with E-state index < -0.39 is 0 Å². The molecule has 0 heterocycles. The number of halogens is 1. The van der Waals surface area contributed by atoms with Gasteiger partial charge in [-0.2, -0.15) is 5.10 Å². The average molecular weight is 363 g/mol. The summed E-state index contributed by atoms with van der Waals surface area (Å²) in [5.41, 5.74) is 4.68. The number of hydrogen-bond acceptors (Lipinski definition) is 3. The van der Waals surface area contributed by atoms with Gasteiger partial charge in [0.1, 0.15) is 0 Å². The van der Waals surface area contributed by atoms with E-state index in [0.717, 1.165) is 15.8 Å². The van der Waals surface area contributed by atoms with Crippen molar-refractivity contribution in [1.29, 1.82) is 0 Å². The van der Waals surface area contributed by atoms with Gasteiger partial charge in [-0.3, -0.25) is 4.79 Å². The second-order valence-corrected chi connectivity index (χ2v) is 6.23. The lowest BCUT2D eigenvalue weighted by molar-refractivity contribution is -0.118. The van der Waals surface area contributed by atoms with Crippen LogP contribution in [0, 0.1) is 0 Å². The molecule has 5 heteroatoms. The molecule has 0 spiro atoms. The van der Waals surface area contributed by atoms with Crippen LogP contribution in [0.4, 0.5) is 0 Å². The molecule has 2 rings (SSSR count). The number of hydrogen-bond donors (Lipinski definition) is 1. The van der Waals surface area contributed by atoms with Gasteiger partial charge in [0.25, 0.3) is 0 Å². The molecule has 2 aromatic rings. The van der Waals surface area contributed by atoms with E-state index in [0.29, 0.717) is 5.75 Å². The van der Waals surface area contributed by atoms with Crippen LogP contribution in [0.1, 0.15) is 11.1 Å². The summed E-state index contributed by atoms with van der Waals surface area (Å²) in [4.78, 5) is 11.6. The smallest absolute Gasteiger partial charge is 0.250 e. The molecule has 0 aromatic heterocycles. The zero-order chi connectivity index (χ0) is 14.9. The molecule has 0 aliphatic carbocycles. The topological polar surface area (TPSA) is 41.5 Å². The Morgan fingerprint density at radius 3 is 2.76 bits per heavy atom. The molecule has 1 N–H and O–H groups in total. The van der Waals surface area contributed by atoms with E-state index in [1.54, 1.807) is 18.0 Å². The molecule has 0 fully saturated rings. The standard InChI is InChI=1S/C16H15BrN2OS/c17-15-8-4-7-14(9-15)10-18-19-16(20)12-21-11-13-5-2-1-3-6-13/h1-10H,11-12H2,(H,19,20)/b18-10-. The molecule has 0 aliphatic heterocycles. The van der Waals surface area contributed by atoms with Gasteiger partial charge >= 0.3 is 0 Å². The van der Waals surface area contributed by atoms with Crippen molar-refractivity contribution >= 4 is 39.8 Å². The fourth-order valence-electron chi connectivity index (χ4n) is 1.63. The fraction of sp³-hybridized carbons (Fsp3) is 0.125. The number of carbonyl (C=O) groups is 1. The van der Waals surface area contributed by atoms with E-state index in [2.05, 4.69) is 38.6 Å². The summed E-state index contributed by atoms with van der Waals surface area (Å²) in [5.74, 6) is 1.12. The van der Waals surface area contributed by atoms with Crippen LogP contribution in [-0.4, -0.2) is 17.9 Å². The van der Waals surface area contributed by atoms with Crippen molar-refractivity contribution in [2.75, 3.05) is 5.75 Å². The van der Waals surface area contributed by atoms with Gasteiger partial charge in [0, 0.05) is 10.2 Å². The number of nitrogens with zero attached hydrogens (tertiary/aromatic N) is 1. The van der Waals surface area contributed by atoms with E-state index in [-0.39, 0.29) is 5.91 Å². The highest BCUT2D eigenvalue weighted by Gasteiger charge is 2.00. The maximum Gasteiger partial charge on any atom is 0.250 e. The zero-order valence-corrected chi connectivity index (χ0v) is 13.7. The highest BCUT2D eigenvalue weighted by atomic mass is 79.9. The summed E-state index contributed by atoms with van der Waals surface area (Å²) >= 11 is 4.96. The van der Waals surface area contributed by atoms with Gasteiger partial charge < -0.3 is 0 Å². The van der Waals surface area contributed by atoms with Crippen molar-refractivity contribution in [3.63, 3.8) is 0 Å². The quantitative estimate of drug-likeness (QED) is 0.626. The maximum absolute atomic E-state index is 11.6. The highest BCUT2D eigenvalue weighted by Crippen LogP contribution is 2.11. The Balaban J connectivity index is 1.70. The van der Waals surface area contributed by atoms with Crippen molar-refractivity contribution in [2.24, 2.45) is 5.10 Å². The Morgan fingerprint density at radius 2 is 2.00 bits per heavy atom. The fourth-order valence-corrected chi connectivity index (χ4v) is 2.83. The third kappa shape index (κ3) is 6.14. The predicted molar refractivity (Wildman–Crippen MR) is 92.5 cm³/mol. The summed E-state index contributed by atoms with van der Waals surface area (Å²) in [6, 6.07) is 17.8. The van der Waals surface area contributed by atoms with E-state index in [4.69, 9.17) is 0 Å². The first-order valence-electron chi connectivity index (χ1n) is 6.43.